The van der Waals surface area contributed by atoms with Crippen LogP contribution in [-0.2, 0) is 4.79 Å². The van der Waals surface area contributed by atoms with Gasteiger partial charge in [-0.25, -0.2) is 4.79 Å². The van der Waals surface area contributed by atoms with E-state index in [1.807, 2.05) is 24.3 Å². The van der Waals surface area contributed by atoms with Crippen LogP contribution < -0.4 is 4.74 Å². The first kappa shape index (κ1) is 14.5. The monoisotopic (exact) mass is 312 g/mol. The first-order valence-corrected chi connectivity index (χ1v) is 7.86. The lowest BCUT2D eigenvalue weighted by molar-refractivity contribution is -0.129. The van der Waals surface area contributed by atoms with Gasteiger partial charge in [0.2, 0.25) is 0 Å². The van der Waals surface area contributed by atoms with E-state index in [0.717, 1.165) is 16.2 Å². The van der Waals surface area contributed by atoms with Crippen molar-refractivity contribution in [3.05, 3.63) is 78.9 Å². The van der Waals surface area contributed by atoms with Crippen molar-refractivity contribution in [2.24, 2.45) is 0 Å². The summed E-state index contributed by atoms with van der Waals surface area (Å²) in [5.41, 5.74) is 0.388. The summed E-state index contributed by atoms with van der Waals surface area (Å²) < 4.78 is 5.49. The Morgan fingerprint density at radius 3 is 2.21 bits per heavy atom. The zero-order valence-electron chi connectivity index (χ0n) is 13.4. The highest BCUT2D eigenvalue weighted by Gasteiger charge is 2.11. The van der Waals surface area contributed by atoms with E-state index in [1.54, 1.807) is 6.92 Å². The highest BCUT2D eigenvalue weighted by molar-refractivity contribution is 6.18. The summed E-state index contributed by atoms with van der Waals surface area (Å²) in [7, 11) is 0. The zero-order valence-corrected chi connectivity index (χ0v) is 13.4. The predicted molar refractivity (Wildman–Crippen MR) is 99.4 cm³/mol. The van der Waals surface area contributed by atoms with Gasteiger partial charge in [-0.2, -0.15) is 0 Å². The molecule has 4 aromatic carbocycles. The molecule has 0 atom stereocenters. The molecule has 4 rings (SSSR count). The number of esters is 1. The molecule has 4 aromatic rings. The minimum atomic E-state index is -0.402. The summed E-state index contributed by atoms with van der Waals surface area (Å²) in [4.78, 5) is 11.9. The zero-order chi connectivity index (χ0) is 16.7. The van der Waals surface area contributed by atoms with Gasteiger partial charge in [0.25, 0.3) is 0 Å². The lowest BCUT2D eigenvalue weighted by Crippen LogP contribution is -2.08. The molecule has 0 unspecified atom stereocenters. The number of carbonyl (C=O) groups excluding carboxylic acids is 1. The van der Waals surface area contributed by atoms with Gasteiger partial charge in [-0.05, 0) is 46.0 Å². The number of benzene rings is 4. The largest absolute Gasteiger partial charge is 0.423 e. The fraction of sp³-hybridized carbons (Fsp3) is 0.0455. The van der Waals surface area contributed by atoms with Gasteiger partial charge in [0.15, 0.2) is 0 Å². The van der Waals surface area contributed by atoms with Crippen molar-refractivity contribution in [2.45, 2.75) is 6.92 Å². The molecule has 0 aliphatic rings. The number of hydrogen-bond donors (Lipinski definition) is 0. The molecule has 0 aliphatic carbocycles. The van der Waals surface area contributed by atoms with Crippen molar-refractivity contribution in [1.82, 2.24) is 0 Å². The van der Waals surface area contributed by atoms with Crippen LogP contribution in [0.1, 0.15) is 6.92 Å². The van der Waals surface area contributed by atoms with Crippen molar-refractivity contribution in [1.29, 1.82) is 0 Å². The number of ether oxygens (including phenoxy) is 1. The van der Waals surface area contributed by atoms with E-state index >= 15 is 0 Å². The smallest absolute Gasteiger partial charge is 0.338 e. The molecule has 0 saturated carbocycles. The van der Waals surface area contributed by atoms with Crippen LogP contribution >= 0.6 is 0 Å². The van der Waals surface area contributed by atoms with Gasteiger partial charge in [0.05, 0.1) is 0 Å². The van der Waals surface area contributed by atoms with E-state index in [0.29, 0.717) is 11.3 Å². The van der Waals surface area contributed by atoms with Crippen LogP contribution in [0.2, 0.25) is 0 Å². The quantitative estimate of drug-likeness (QED) is 0.207. The Labute approximate surface area is 140 Å². The Morgan fingerprint density at radius 1 is 0.750 bits per heavy atom. The molecular formula is C22H16O2. The molecule has 0 amide bonds. The van der Waals surface area contributed by atoms with Gasteiger partial charge in [0.1, 0.15) is 5.75 Å². The first-order chi connectivity index (χ1) is 11.6. The summed E-state index contributed by atoms with van der Waals surface area (Å²) in [6, 6.07) is 22.5. The fourth-order valence-corrected chi connectivity index (χ4v) is 3.10. The summed E-state index contributed by atoms with van der Waals surface area (Å²) in [5.74, 6) is 0.164. The number of carbonyl (C=O) groups is 1. The molecule has 0 N–H and O–H groups in total. The Kier molecular flexibility index (Phi) is 3.31. The van der Waals surface area contributed by atoms with Gasteiger partial charge in [-0.15, -0.1) is 0 Å². The molecule has 0 heterocycles. The van der Waals surface area contributed by atoms with Crippen LogP contribution in [-0.4, -0.2) is 5.97 Å². The maximum Gasteiger partial charge on any atom is 0.338 e. The standard InChI is InChI=1S/C22H16O2/c1-14(2)22(23)24-21-9-5-8-17-19-11-10-15-6-3-4-7-16(15)18(19)12-13-20(17)21/h3-13H,1H2,2H3. The van der Waals surface area contributed by atoms with Crippen molar-refractivity contribution in [3.63, 3.8) is 0 Å². The van der Waals surface area contributed by atoms with E-state index in [9.17, 15) is 4.79 Å². The lowest BCUT2D eigenvalue weighted by Gasteiger charge is -2.11. The average molecular weight is 312 g/mol. The van der Waals surface area contributed by atoms with E-state index < -0.39 is 5.97 Å². The molecule has 0 bridgehead atoms. The minimum absolute atomic E-state index is 0.388. The predicted octanol–water partition coefficient (Wildman–Crippen LogP) is 5.63. The van der Waals surface area contributed by atoms with Gasteiger partial charge in [0, 0.05) is 11.0 Å². The fourth-order valence-electron chi connectivity index (χ4n) is 3.10. The minimum Gasteiger partial charge on any atom is -0.423 e. The van der Waals surface area contributed by atoms with Crippen molar-refractivity contribution in [3.8, 4) is 5.75 Å². The van der Waals surface area contributed by atoms with Gasteiger partial charge < -0.3 is 4.74 Å². The van der Waals surface area contributed by atoms with Crippen LogP contribution in [0.4, 0.5) is 0 Å². The van der Waals surface area contributed by atoms with Crippen LogP contribution in [0.15, 0.2) is 78.9 Å². The molecule has 24 heavy (non-hydrogen) atoms. The number of fused-ring (bicyclic) bond motifs is 5. The van der Waals surface area contributed by atoms with Crippen LogP contribution in [0.25, 0.3) is 32.3 Å². The highest BCUT2D eigenvalue weighted by Crippen LogP contribution is 2.35. The van der Waals surface area contributed by atoms with Crippen LogP contribution in [0.5, 0.6) is 5.75 Å². The van der Waals surface area contributed by atoms with Crippen molar-refractivity contribution in [2.75, 3.05) is 0 Å². The second kappa shape index (κ2) is 5.50. The first-order valence-electron chi connectivity index (χ1n) is 7.86. The third-order valence-corrected chi connectivity index (χ3v) is 4.29. The Hall–Kier alpha value is -3.13. The highest BCUT2D eigenvalue weighted by atomic mass is 16.5. The number of hydrogen-bond acceptors (Lipinski definition) is 2. The van der Waals surface area contributed by atoms with Gasteiger partial charge in [-0.1, -0.05) is 61.2 Å². The van der Waals surface area contributed by atoms with Crippen LogP contribution in [0.3, 0.4) is 0 Å². The molecule has 116 valence electrons. The summed E-state index contributed by atoms with van der Waals surface area (Å²) >= 11 is 0. The molecule has 0 saturated heterocycles. The normalized spacial score (nSPS) is 11.0. The summed E-state index contributed by atoms with van der Waals surface area (Å²) in [5, 5.41) is 6.79. The average Bonchev–Trinajstić information content (AvgIpc) is 2.61. The molecule has 2 heteroatoms. The number of rotatable bonds is 2. The Balaban J connectivity index is 2.00. The van der Waals surface area contributed by atoms with Crippen LogP contribution in [0, 0.1) is 0 Å². The topological polar surface area (TPSA) is 26.3 Å². The maximum atomic E-state index is 11.9. The summed E-state index contributed by atoms with van der Waals surface area (Å²) in [6.45, 7) is 5.29. The second-order valence-electron chi connectivity index (χ2n) is 5.97. The molecule has 0 aromatic heterocycles. The Bertz CT molecular complexity index is 1120. The molecule has 0 spiro atoms. The third-order valence-electron chi connectivity index (χ3n) is 4.29. The molecule has 0 radical (unpaired) electrons. The van der Waals surface area contributed by atoms with Gasteiger partial charge >= 0.3 is 5.97 Å². The molecule has 0 fully saturated rings. The van der Waals surface area contributed by atoms with E-state index in [4.69, 9.17) is 4.74 Å². The van der Waals surface area contributed by atoms with Crippen molar-refractivity contribution >= 4 is 38.3 Å². The van der Waals surface area contributed by atoms with Gasteiger partial charge in [-0.3, -0.25) is 0 Å². The van der Waals surface area contributed by atoms with Crippen molar-refractivity contribution < 1.29 is 9.53 Å². The SMILES string of the molecule is C=C(C)C(=O)Oc1cccc2c1ccc1c3ccccc3ccc21. The molecule has 2 nitrogen and oxygen atoms in total. The third kappa shape index (κ3) is 2.24. The Morgan fingerprint density at radius 2 is 1.38 bits per heavy atom. The molecule has 0 aliphatic heterocycles. The summed E-state index contributed by atoms with van der Waals surface area (Å²) in [6.07, 6.45) is 0. The lowest BCUT2D eigenvalue weighted by atomic mass is 9.97. The second-order valence-corrected chi connectivity index (χ2v) is 5.97. The van der Waals surface area contributed by atoms with E-state index in [-0.39, 0.29) is 0 Å². The van der Waals surface area contributed by atoms with E-state index in [1.165, 1.54) is 16.2 Å². The maximum absolute atomic E-state index is 11.9. The van der Waals surface area contributed by atoms with E-state index in [2.05, 4.69) is 49.0 Å². The molecular weight excluding hydrogens is 296 g/mol.